The number of anilines is 1. The van der Waals surface area contributed by atoms with Crippen molar-refractivity contribution in [2.45, 2.75) is 25.3 Å². The average molecular weight is 487 g/mol. The smallest absolute Gasteiger partial charge is 0.264 e. The highest BCUT2D eigenvalue weighted by Crippen LogP contribution is 2.26. The number of carbonyl (C=O) groups excluding carboxylic acids is 1. The molecule has 0 aromatic heterocycles. The molecule has 34 heavy (non-hydrogen) atoms. The molecule has 3 aromatic carbocycles. The Bertz CT molecular complexity index is 1200. The fourth-order valence-corrected chi connectivity index (χ4v) is 4.67. The Labute approximate surface area is 199 Å². The number of para-hydroxylation sites is 1. The zero-order valence-electron chi connectivity index (χ0n) is 19.0. The molecule has 0 atom stereocenters. The molecule has 0 spiro atoms. The van der Waals surface area contributed by atoms with Gasteiger partial charge in [-0.3, -0.25) is 9.10 Å². The summed E-state index contributed by atoms with van der Waals surface area (Å²) < 4.78 is 52.1. The van der Waals surface area contributed by atoms with Gasteiger partial charge in [0.1, 0.15) is 23.9 Å². The summed E-state index contributed by atoms with van der Waals surface area (Å²) in [6, 6.07) is 18.1. The van der Waals surface area contributed by atoms with Crippen LogP contribution in [0, 0.1) is 5.82 Å². The molecule has 0 heterocycles. The summed E-state index contributed by atoms with van der Waals surface area (Å²) in [4.78, 5) is 12.7. The Balaban J connectivity index is 1.85. The minimum atomic E-state index is -4.15. The van der Waals surface area contributed by atoms with Crippen molar-refractivity contribution in [3.05, 3.63) is 84.2 Å². The zero-order valence-corrected chi connectivity index (χ0v) is 19.8. The highest BCUT2D eigenvalue weighted by atomic mass is 32.2. The third-order valence-electron chi connectivity index (χ3n) is 4.87. The van der Waals surface area contributed by atoms with Gasteiger partial charge in [0, 0.05) is 12.1 Å². The first-order valence-electron chi connectivity index (χ1n) is 10.8. The fraction of sp³-hybridized carbons (Fsp3) is 0.240. The van der Waals surface area contributed by atoms with E-state index in [4.69, 9.17) is 9.47 Å². The van der Waals surface area contributed by atoms with Crippen molar-refractivity contribution in [3.63, 3.8) is 0 Å². The van der Waals surface area contributed by atoms with Crippen molar-refractivity contribution in [2.24, 2.45) is 0 Å². The lowest BCUT2D eigenvalue weighted by atomic mass is 10.2. The van der Waals surface area contributed by atoms with E-state index >= 15 is 0 Å². The van der Waals surface area contributed by atoms with Crippen LogP contribution in [-0.2, 0) is 21.4 Å². The molecule has 1 amide bonds. The summed E-state index contributed by atoms with van der Waals surface area (Å²) in [7, 11) is -4.15. The summed E-state index contributed by atoms with van der Waals surface area (Å²) in [5.41, 5.74) is 1.05. The first kappa shape index (κ1) is 25.0. The third-order valence-corrected chi connectivity index (χ3v) is 6.66. The van der Waals surface area contributed by atoms with Gasteiger partial charge in [-0.25, -0.2) is 12.8 Å². The van der Waals surface area contributed by atoms with Crippen molar-refractivity contribution >= 4 is 21.6 Å². The number of nitrogens with one attached hydrogen (secondary N) is 1. The van der Waals surface area contributed by atoms with E-state index in [0.717, 1.165) is 22.0 Å². The lowest BCUT2D eigenvalue weighted by Gasteiger charge is -2.24. The van der Waals surface area contributed by atoms with Gasteiger partial charge in [0.25, 0.3) is 10.0 Å². The maximum absolute atomic E-state index is 13.4. The lowest BCUT2D eigenvalue weighted by Crippen LogP contribution is -2.40. The van der Waals surface area contributed by atoms with Gasteiger partial charge in [-0.1, -0.05) is 18.2 Å². The van der Waals surface area contributed by atoms with Crippen LogP contribution in [0.4, 0.5) is 10.1 Å². The Morgan fingerprint density at radius 2 is 1.56 bits per heavy atom. The molecular weight excluding hydrogens is 459 g/mol. The van der Waals surface area contributed by atoms with E-state index in [9.17, 15) is 17.6 Å². The molecule has 9 heteroatoms. The predicted octanol–water partition coefficient (Wildman–Crippen LogP) is 4.13. The minimum Gasteiger partial charge on any atom is -0.494 e. The van der Waals surface area contributed by atoms with Gasteiger partial charge in [-0.15, -0.1) is 0 Å². The van der Waals surface area contributed by atoms with Crippen molar-refractivity contribution in [1.29, 1.82) is 0 Å². The number of benzene rings is 3. The van der Waals surface area contributed by atoms with Crippen LogP contribution in [0.2, 0.25) is 0 Å². The number of rotatable bonds is 11. The number of nitrogens with zero attached hydrogens (tertiary/aromatic N) is 1. The number of ether oxygens (including phenoxy) is 2. The number of halogens is 1. The van der Waals surface area contributed by atoms with Crippen LogP contribution in [0.1, 0.15) is 19.4 Å². The molecule has 0 saturated heterocycles. The van der Waals surface area contributed by atoms with Gasteiger partial charge in [0.15, 0.2) is 0 Å². The second-order valence-electron chi connectivity index (χ2n) is 7.21. The average Bonchev–Trinajstić information content (AvgIpc) is 2.83. The summed E-state index contributed by atoms with van der Waals surface area (Å²) >= 11 is 0. The number of sulfonamides is 1. The summed E-state index contributed by atoms with van der Waals surface area (Å²) in [5.74, 6) is 0.151. The van der Waals surface area contributed by atoms with Crippen LogP contribution in [0.5, 0.6) is 11.5 Å². The maximum atomic E-state index is 13.4. The molecule has 0 unspecified atom stereocenters. The molecule has 0 aliphatic heterocycles. The standard InChI is InChI=1S/C25H27FN2O5S/c1-3-32-22-13-11-21(12-14-22)28(34(30,31)23-15-9-20(26)10-16-23)18-25(29)27-17-19-7-5-6-8-24(19)33-4-2/h5-16H,3-4,17-18H2,1-2H3,(H,27,29). The van der Waals surface area contributed by atoms with Crippen molar-refractivity contribution in [3.8, 4) is 11.5 Å². The van der Waals surface area contributed by atoms with Crippen LogP contribution in [0.3, 0.4) is 0 Å². The van der Waals surface area contributed by atoms with Crippen LogP contribution in [-0.4, -0.2) is 34.1 Å². The molecule has 3 rings (SSSR count). The van der Waals surface area contributed by atoms with Gasteiger partial charge in [0.05, 0.1) is 23.8 Å². The topological polar surface area (TPSA) is 84.9 Å². The molecule has 0 bridgehead atoms. The first-order chi connectivity index (χ1) is 16.3. The van der Waals surface area contributed by atoms with E-state index < -0.39 is 28.3 Å². The fourth-order valence-electron chi connectivity index (χ4n) is 3.25. The highest BCUT2D eigenvalue weighted by Gasteiger charge is 2.27. The van der Waals surface area contributed by atoms with Crippen LogP contribution >= 0.6 is 0 Å². The van der Waals surface area contributed by atoms with Gasteiger partial charge in [-0.2, -0.15) is 0 Å². The Morgan fingerprint density at radius 3 is 2.21 bits per heavy atom. The molecule has 0 saturated carbocycles. The molecule has 0 aliphatic rings. The van der Waals surface area contributed by atoms with Crippen LogP contribution in [0.15, 0.2) is 77.7 Å². The second kappa shape index (κ2) is 11.5. The van der Waals surface area contributed by atoms with Gasteiger partial charge in [0.2, 0.25) is 5.91 Å². The van der Waals surface area contributed by atoms with E-state index in [-0.39, 0.29) is 17.1 Å². The van der Waals surface area contributed by atoms with E-state index in [1.807, 2.05) is 32.0 Å². The van der Waals surface area contributed by atoms with Crippen molar-refractivity contribution < 1.29 is 27.1 Å². The Morgan fingerprint density at radius 1 is 0.912 bits per heavy atom. The lowest BCUT2D eigenvalue weighted by molar-refractivity contribution is -0.119. The minimum absolute atomic E-state index is 0.128. The van der Waals surface area contributed by atoms with Gasteiger partial charge < -0.3 is 14.8 Å². The Kier molecular flexibility index (Phi) is 8.48. The maximum Gasteiger partial charge on any atom is 0.264 e. The highest BCUT2D eigenvalue weighted by molar-refractivity contribution is 7.92. The molecule has 180 valence electrons. The number of hydrogen-bond donors (Lipinski definition) is 1. The zero-order chi connectivity index (χ0) is 24.6. The summed E-state index contributed by atoms with van der Waals surface area (Å²) in [6.45, 7) is 4.35. The Hall–Kier alpha value is -3.59. The van der Waals surface area contributed by atoms with E-state index in [1.54, 1.807) is 30.3 Å². The predicted molar refractivity (Wildman–Crippen MR) is 128 cm³/mol. The molecule has 0 aliphatic carbocycles. The van der Waals surface area contributed by atoms with Crippen molar-refractivity contribution in [2.75, 3.05) is 24.1 Å². The van der Waals surface area contributed by atoms with Crippen LogP contribution < -0.4 is 19.1 Å². The second-order valence-corrected chi connectivity index (χ2v) is 9.07. The quantitative estimate of drug-likeness (QED) is 0.441. The molecule has 0 fully saturated rings. The normalized spacial score (nSPS) is 11.0. The number of amides is 1. The number of hydrogen-bond acceptors (Lipinski definition) is 5. The molecular formula is C25H27FN2O5S. The molecule has 1 N–H and O–H groups in total. The monoisotopic (exact) mass is 486 g/mol. The SMILES string of the molecule is CCOc1ccc(N(CC(=O)NCc2ccccc2OCC)S(=O)(=O)c2ccc(F)cc2)cc1. The molecule has 3 aromatic rings. The summed E-state index contributed by atoms with van der Waals surface area (Å²) in [5, 5.41) is 2.75. The molecule has 0 radical (unpaired) electrons. The largest absolute Gasteiger partial charge is 0.494 e. The number of carbonyl (C=O) groups is 1. The third kappa shape index (κ3) is 6.26. The van der Waals surface area contributed by atoms with E-state index in [2.05, 4.69) is 5.32 Å². The summed E-state index contributed by atoms with van der Waals surface area (Å²) in [6.07, 6.45) is 0. The van der Waals surface area contributed by atoms with Crippen molar-refractivity contribution in [1.82, 2.24) is 5.32 Å². The van der Waals surface area contributed by atoms with Crippen LogP contribution in [0.25, 0.3) is 0 Å². The first-order valence-corrected chi connectivity index (χ1v) is 12.3. The molecule has 7 nitrogen and oxygen atoms in total. The van der Waals surface area contributed by atoms with E-state index in [0.29, 0.717) is 24.7 Å². The van der Waals surface area contributed by atoms with Gasteiger partial charge >= 0.3 is 0 Å². The van der Waals surface area contributed by atoms with Gasteiger partial charge in [-0.05, 0) is 68.4 Å². The van der Waals surface area contributed by atoms with E-state index in [1.165, 1.54) is 12.1 Å².